The highest BCUT2D eigenvalue weighted by Crippen LogP contribution is 2.06. The van der Waals surface area contributed by atoms with Gasteiger partial charge in [-0.25, -0.2) is 0 Å². The van der Waals surface area contributed by atoms with Gasteiger partial charge >= 0.3 is 0 Å². The van der Waals surface area contributed by atoms with Gasteiger partial charge in [0.2, 0.25) is 5.91 Å². The minimum Gasteiger partial charge on any atom is -0.350 e. The zero-order valence-electron chi connectivity index (χ0n) is 11.1. The lowest BCUT2D eigenvalue weighted by Gasteiger charge is -2.21. The average molecular weight is 239 g/mol. The van der Waals surface area contributed by atoms with Gasteiger partial charge in [0.05, 0.1) is 12.6 Å². The first-order chi connectivity index (χ1) is 7.79. The van der Waals surface area contributed by atoms with E-state index in [0.717, 1.165) is 5.82 Å². The summed E-state index contributed by atoms with van der Waals surface area (Å²) < 4.78 is 1.83. The predicted octanol–water partition coefficient (Wildman–Crippen LogP) is 0.380. The van der Waals surface area contributed by atoms with Gasteiger partial charge in [-0.2, -0.15) is 0 Å². The number of rotatable bonds is 4. The molecule has 1 amide bonds. The molecule has 1 unspecified atom stereocenters. The van der Waals surface area contributed by atoms with Crippen molar-refractivity contribution in [2.45, 2.75) is 39.3 Å². The van der Waals surface area contributed by atoms with Crippen LogP contribution in [0.25, 0.3) is 0 Å². The number of aryl methyl sites for hydroxylation is 1. The quantitative estimate of drug-likeness (QED) is 0.797. The Morgan fingerprint density at radius 3 is 2.65 bits per heavy atom. The summed E-state index contributed by atoms with van der Waals surface area (Å²) in [5, 5.41) is 13.8. The highest BCUT2D eigenvalue weighted by Gasteiger charge is 2.16. The van der Waals surface area contributed by atoms with Crippen molar-refractivity contribution in [3.63, 3.8) is 0 Å². The van der Waals surface area contributed by atoms with Crippen LogP contribution in [0.5, 0.6) is 0 Å². The van der Waals surface area contributed by atoms with Crippen molar-refractivity contribution in [2.24, 2.45) is 7.05 Å². The Bertz CT molecular complexity index is 379. The highest BCUT2D eigenvalue weighted by molar-refractivity contribution is 5.78. The Labute approximate surface area is 102 Å². The van der Waals surface area contributed by atoms with Gasteiger partial charge in [-0.15, -0.1) is 10.2 Å². The lowest BCUT2D eigenvalue weighted by atomic mass is 10.1. The van der Waals surface area contributed by atoms with Gasteiger partial charge in [0.1, 0.15) is 12.2 Å². The van der Waals surface area contributed by atoms with Gasteiger partial charge in [-0.3, -0.25) is 10.1 Å². The van der Waals surface area contributed by atoms with Crippen molar-refractivity contribution in [1.29, 1.82) is 0 Å². The monoisotopic (exact) mass is 239 g/mol. The van der Waals surface area contributed by atoms with Crippen molar-refractivity contribution in [1.82, 2.24) is 25.4 Å². The molecule has 2 N–H and O–H groups in total. The van der Waals surface area contributed by atoms with Crippen molar-refractivity contribution in [2.75, 3.05) is 6.54 Å². The van der Waals surface area contributed by atoms with Gasteiger partial charge in [-0.1, -0.05) is 0 Å². The molecule has 0 bridgehead atoms. The molecule has 0 radical (unpaired) electrons. The normalized spacial score (nSPS) is 13.5. The van der Waals surface area contributed by atoms with Crippen LogP contribution in [0.3, 0.4) is 0 Å². The first-order valence-corrected chi connectivity index (χ1v) is 5.68. The molecule has 17 heavy (non-hydrogen) atoms. The largest absolute Gasteiger partial charge is 0.350 e. The first kappa shape index (κ1) is 13.6. The molecule has 0 aromatic carbocycles. The molecular formula is C11H21N5O. The molecule has 0 saturated carbocycles. The van der Waals surface area contributed by atoms with E-state index < -0.39 is 0 Å². The zero-order chi connectivity index (χ0) is 13.1. The topological polar surface area (TPSA) is 71.8 Å². The van der Waals surface area contributed by atoms with E-state index in [2.05, 4.69) is 20.8 Å². The second-order valence-corrected chi connectivity index (χ2v) is 5.20. The number of nitrogens with zero attached hydrogens (tertiary/aromatic N) is 3. The summed E-state index contributed by atoms with van der Waals surface area (Å²) in [7, 11) is 1.88. The third kappa shape index (κ3) is 4.52. The fourth-order valence-electron chi connectivity index (χ4n) is 1.48. The number of nitrogens with one attached hydrogen (secondary N) is 2. The maximum atomic E-state index is 11.6. The molecule has 0 spiro atoms. The Morgan fingerprint density at radius 1 is 1.53 bits per heavy atom. The molecule has 0 fully saturated rings. The zero-order valence-corrected chi connectivity index (χ0v) is 11.1. The Morgan fingerprint density at radius 2 is 2.18 bits per heavy atom. The van der Waals surface area contributed by atoms with Crippen molar-refractivity contribution in [3.8, 4) is 0 Å². The molecule has 0 aliphatic carbocycles. The first-order valence-electron chi connectivity index (χ1n) is 5.68. The second-order valence-electron chi connectivity index (χ2n) is 5.20. The van der Waals surface area contributed by atoms with Crippen LogP contribution >= 0.6 is 0 Å². The van der Waals surface area contributed by atoms with Crippen LogP contribution < -0.4 is 10.6 Å². The number of carbonyl (C=O) groups is 1. The van der Waals surface area contributed by atoms with E-state index in [1.807, 2.05) is 39.3 Å². The van der Waals surface area contributed by atoms with E-state index in [1.54, 1.807) is 6.33 Å². The summed E-state index contributed by atoms with van der Waals surface area (Å²) >= 11 is 0. The molecular weight excluding hydrogens is 218 g/mol. The van der Waals surface area contributed by atoms with Crippen LogP contribution in [-0.2, 0) is 11.8 Å². The van der Waals surface area contributed by atoms with Crippen LogP contribution in [0, 0.1) is 0 Å². The van der Waals surface area contributed by atoms with E-state index in [-0.39, 0.29) is 24.0 Å². The summed E-state index contributed by atoms with van der Waals surface area (Å²) in [6.07, 6.45) is 1.64. The molecule has 0 aliphatic rings. The summed E-state index contributed by atoms with van der Waals surface area (Å²) in [4.78, 5) is 11.6. The number of amides is 1. The van der Waals surface area contributed by atoms with Crippen molar-refractivity contribution < 1.29 is 4.79 Å². The van der Waals surface area contributed by atoms with Crippen LogP contribution in [0.1, 0.15) is 39.6 Å². The number of carbonyl (C=O) groups excluding carboxylic acids is 1. The molecule has 1 atom stereocenters. The molecule has 0 saturated heterocycles. The summed E-state index contributed by atoms with van der Waals surface area (Å²) in [6.45, 7) is 8.09. The van der Waals surface area contributed by atoms with Crippen LogP contribution in [0.4, 0.5) is 0 Å². The Hall–Kier alpha value is -1.43. The third-order valence-corrected chi connectivity index (χ3v) is 2.22. The van der Waals surface area contributed by atoms with Gasteiger partial charge in [0, 0.05) is 12.6 Å². The molecule has 1 aromatic rings. The van der Waals surface area contributed by atoms with Crippen LogP contribution in [0.2, 0.25) is 0 Å². The summed E-state index contributed by atoms with van der Waals surface area (Å²) in [6, 6.07) is -0.00628. The van der Waals surface area contributed by atoms with Gasteiger partial charge in [0.25, 0.3) is 0 Å². The maximum Gasteiger partial charge on any atom is 0.234 e. The second kappa shape index (κ2) is 5.27. The molecule has 6 heteroatoms. The van der Waals surface area contributed by atoms with E-state index in [4.69, 9.17) is 0 Å². The molecule has 6 nitrogen and oxygen atoms in total. The van der Waals surface area contributed by atoms with E-state index >= 15 is 0 Å². The molecule has 1 heterocycles. The Kier molecular flexibility index (Phi) is 4.22. The van der Waals surface area contributed by atoms with E-state index in [9.17, 15) is 4.79 Å². The number of hydrogen-bond donors (Lipinski definition) is 2. The predicted molar refractivity (Wildman–Crippen MR) is 65.3 cm³/mol. The number of hydrogen-bond acceptors (Lipinski definition) is 4. The summed E-state index contributed by atoms with van der Waals surface area (Å²) in [5.41, 5.74) is -0.202. The minimum atomic E-state index is -0.202. The van der Waals surface area contributed by atoms with Crippen LogP contribution in [0.15, 0.2) is 6.33 Å². The fourth-order valence-corrected chi connectivity index (χ4v) is 1.48. The van der Waals surface area contributed by atoms with E-state index in [0.29, 0.717) is 0 Å². The van der Waals surface area contributed by atoms with Gasteiger partial charge < -0.3 is 9.88 Å². The molecule has 0 aliphatic heterocycles. The molecule has 1 aromatic heterocycles. The van der Waals surface area contributed by atoms with E-state index in [1.165, 1.54) is 0 Å². The summed E-state index contributed by atoms with van der Waals surface area (Å²) in [5.74, 6) is 0.792. The fraction of sp³-hybridized carbons (Fsp3) is 0.727. The van der Waals surface area contributed by atoms with Crippen molar-refractivity contribution >= 4 is 5.91 Å². The average Bonchev–Trinajstić information content (AvgIpc) is 2.58. The Balaban J connectivity index is 2.41. The standard InChI is InChI=1S/C11H21N5O/c1-8(10-15-13-7-16(10)5)12-6-9(17)14-11(2,3)4/h7-8,12H,6H2,1-5H3,(H,14,17). The van der Waals surface area contributed by atoms with Gasteiger partial charge in [0.15, 0.2) is 0 Å². The number of aromatic nitrogens is 3. The highest BCUT2D eigenvalue weighted by atomic mass is 16.2. The van der Waals surface area contributed by atoms with Gasteiger partial charge in [-0.05, 0) is 27.7 Å². The molecule has 96 valence electrons. The minimum absolute atomic E-state index is 0.00628. The maximum absolute atomic E-state index is 11.6. The lowest BCUT2D eigenvalue weighted by molar-refractivity contribution is -0.121. The lowest BCUT2D eigenvalue weighted by Crippen LogP contribution is -2.45. The molecule has 1 rings (SSSR count). The SMILES string of the molecule is CC(NCC(=O)NC(C)(C)C)c1nncn1C. The smallest absolute Gasteiger partial charge is 0.234 e. The van der Waals surface area contributed by atoms with Crippen LogP contribution in [-0.4, -0.2) is 32.8 Å². The third-order valence-electron chi connectivity index (χ3n) is 2.22. The van der Waals surface area contributed by atoms with Crippen molar-refractivity contribution in [3.05, 3.63) is 12.2 Å².